The lowest BCUT2D eigenvalue weighted by atomic mass is 10.2. The zero-order valence-corrected chi connectivity index (χ0v) is 8.66. The van der Waals surface area contributed by atoms with Gasteiger partial charge in [0.05, 0.1) is 6.21 Å². The van der Waals surface area contributed by atoms with Gasteiger partial charge in [0.25, 0.3) is 0 Å². The molecule has 0 radical (unpaired) electrons. The van der Waals surface area contributed by atoms with E-state index in [0.717, 1.165) is 0 Å². The molecule has 17 heavy (non-hydrogen) atoms. The molecule has 0 aliphatic heterocycles. The maximum atomic E-state index is 9.45. The summed E-state index contributed by atoms with van der Waals surface area (Å²) in [5.41, 5.74) is 3.24. The molecule has 2 aromatic rings. The molecule has 0 amide bonds. The summed E-state index contributed by atoms with van der Waals surface area (Å²) in [7, 11) is 0. The van der Waals surface area contributed by atoms with Crippen LogP contribution in [0.5, 0.6) is 5.75 Å². The van der Waals surface area contributed by atoms with Crippen LogP contribution in [-0.2, 0) is 0 Å². The van der Waals surface area contributed by atoms with Gasteiger partial charge in [-0.15, -0.1) is 0 Å². The molecule has 0 spiro atoms. The highest BCUT2D eigenvalue weighted by atomic mass is 16.6. The first-order valence-electron chi connectivity index (χ1n) is 4.71. The van der Waals surface area contributed by atoms with E-state index in [0.29, 0.717) is 5.56 Å². The van der Waals surface area contributed by atoms with Crippen molar-refractivity contribution in [3.05, 3.63) is 41.7 Å². The highest BCUT2D eigenvalue weighted by molar-refractivity contribution is 5.94. The molecular weight excluding hydrogens is 222 g/mol. The van der Waals surface area contributed by atoms with E-state index in [1.807, 2.05) is 0 Å². The van der Waals surface area contributed by atoms with Gasteiger partial charge in [0.1, 0.15) is 11.9 Å². The number of para-hydroxylation sites is 1. The van der Waals surface area contributed by atoms with Gasteiger partial charge in [0.15, 0.2) is 11.5 Å². The Balaban J connectivity index is 1.99. The Bertz CT molecular complexity index is 535. The van der Waals surface area contributed by atoms with Gasteiger partial charge in [-0.3, -0.25) is 10.8 Å². The number of aromatic nitrogens is 2. The first-order valence-corrected chi connectivity index (χ1v) is 4.71. The van der Waals surface area contributed by atoms with E-state index in [1.165, 1.54) is 12.4 Å². The number of hydrazone groups is 1. The smallest absolute Gasteiger partial charge is 0.171 e. The first kappa shape index (κ1) is 10.8. The molecule has 1 aromatic heterocycles. The number of benzene rings is 1. The molecule has 3 N–H and O–H groups in total. The number of aromatic hydroxyl groups is 1. The lowest BCUT2D eigenvalue weighted by Crippen LogP contribution is -2.17. The topological polar surface area (TPSA) is 107 Å². The van der Waals surface area contributed by atoms with Gasteiger partial charge >= 0.3 is 0 Å². The molecule has 7 nitrogen and oxygen atoms in total. The van der Waals surface area contributed by atoms with E-state index in [-0.39, 0.29) is 17.3 Å². The van der Waals surface area contributed by atoms with Crippen molar-refractivity contribution >= 4 is 12.1 Å². The number of amidine groups is 1. The van der Waals surface area contributed by atoms with E-state index in [1.54, 1.807) is 24.3 Å². The minimum atomic E-state index is -0.0436. The Hall–Kier alpha value is -2.70. The second-order valence-electron chi connectivity index (χ2n) is 3.10. The number of rotatable bonds is 3. The fourth-order valence-electron chi connectivity index (χ4n) is 1.10. The maximum absolute atomic E-state index is 9.45. The Morgan fingerprint density at radius 2 is 2.29 bits per heavy atom. The second-order valence-corrected chi connectivity index (χ2v) is 3.10. The Morgan fingerprint density at radius 1 is 1.47 bits per heavy atom. The van der Waals surface area contributed by atoms with Crippen molar-refractivity contribution in [1.29, 1.82) is 5.41 Å². The third kappa shape index (κ3) is 2.65. The highest BCUT2D eigenvalue weighted by Crippen LogP contribution is 2.12. The van der Waals surface area contributed by atoms with Crippen molar-refractivity contribution in [2.45, 2.75) is 0 Å². The van der Waals surface area contributed by atoms with E-state index >= 15 is 0 Å². The molecule has 1 aromatic carbocycles. The summed E-state index contributed by atoms with van der Waals surface area (Å²) in [5, 5.41) is 27.6. The van der Waals surface area contributed by atoms with Crippen LogP contribution in [0.2, 0.25) is 0 Å². The second kappa shape index (κ2) is 4.88. The fraction of sp³-hybridized carbons (Fsp3) is 0. The number of nitrogens with zero attached hydrogens (tertiary/aromatic N) is 3. The number of hydrogen-bond donors (Lipinski definition) is 3. The summed E-state index contributed by atoms with van der Waals surface area (Å²) < 4.78 is 4.35. The minimum absolute atomic E-state index is 0.0436. The number of phenols is 1. The van der Waals surface area contributed by atoms with Crippen LogP contribution in [0.15, 0.2) is 40.2 Å². The minimum Gasteiger partial charge on any atom is -0.507 e. The van der Waals surface area contributed by atoms with Crippen LogP contribution in [0.3, 0.4) is 0 Å². The molecule has 0 saturated heterocycles. The van der Waals surface area contributed by atoms with Gasteiger partial charge < -0.3 is 5.11 Å². The van der Waals surface area contributed by atoms with Crippen molar-refractivity contribution in [2.75, 3.05) is 0 Å². The van der Waals surface area contributed by atoms with Crippen LogP contribution in [0.4, 0.5) is 0 Å². The molecule has 2 rings (SSSR count). The Kier molecular flexibility index (Phi) is 3.10. The number of nitrogens with one attached hydrogen (secondary N) is 2. The van der Waals surface area contributed by atoms with Gasteiger partial charge in [-0.05, 0) is 17.3 Å². The van der Waals surface area contributed by atoms with Gasteiger partial charge in [-0.2, -0.15) is 5.10 Å². The monoisotopic (exact) mass is 231 g/mol. The lowest BCUT2D eigenvalue weighted by molar-refractivity contribution is 0.306. The van der Waals surface area contributed by atoms with Crippen molar-refractivity contribution in [2.24, 2.45) is 5.10 Å². The quantitative estimate of drug-likeness (QED) is 0.410. The Morgan fingerprint density at radius 3 is 3.00 bits per heavy atom. The molecule has 0 saturated carbocycles. The van der Waals surface area contributed by atoms with E-state index in [9.17, 15) is 5.11 Å². The van der Waals surface area contributed by atoms with Gasteiger partial charge in [0, 0.05) is 5.56 Å². The SMILES string of the molecule is N=C(N/N=C/c1ccccc1O)c1cnon1. The predicted octanol–water partition coefficient (Wildman–Crippen LogP) is 0.724. The number of hydrogen-bond acceptors (Lipinski definition) is 6. The average Bonchev–Trinajstić information content (AvgIpc) is 2.85. The third-order valence-electron chi connectivity index (χ3n) is 1.93. The predicted molar refractivity (Wildman–Crippen MR) is 60.0 cm³/mol. The summed E-state index contributed by atoms with van der Waals surface area (Å²) in [4.78, 5) is 0. The largest absolute Gasteiger partial charge is 0.507 e. The van der Waals surface area contributed by atoms with Gasteiger partial charge in [-0.1, -0.05) is 17.3 Å². The first-order chi connectivity index (χ1) is 8.27. The van der Waals surface area contributed by atoms with E-state index in [2.05, 4.69) is 25.5 Å². The van der Waals surface area contributed by atoms with Crippen molar-refractivity contribution < 1.29 is 9.74 Å². The van der Waals surface area contributed by atoms with E-state index in [4.69, 9.17) is 5.41 Å². The summed E-state index contributed by atoms with van der Waals surface area (Å²) >= 11 is 0. The molecule has 1 heterocycles. The van der Waals surface area contributed by atoms with Crippen LogP contribution < -0.4 is 5.43 Å². The molecule has 0 atom stereocenters. The molecule has 0 unspecified atom stereocenters. The van der Waals surface area contributed by atoms with Crippen molar-refractivity contribution in [3.63, 3.8) is 0 Å². The zero-order valence-electron chi connectivity index (χ0n) is 8.66. The van der Waals surface area contributed by atoms with Crippen LogP contribution >= 0.6 is 0 Å². The summed E-state index contributed by atoms with van der Waals surface area (Å²) in [6, 6.07) is 6.73. The molecular formula is C10H9N5O2. The number of phenolic OH excluding ortho intramolecular Hbond substituents is 1. The zero-order chi connectivity index (χ0) is 12.1. The van der Waals surface area contributed by atoms with Gasteiger partial charge in [-0.25, -0.2) is 4.63 Å². The van der Waals surface area contributed by atoms with Crippen LogP contribution in [0, 0.1) is 5.41 Å². The lowest BCUT2D eigenvalue weighted by Gasteiger charge is -1.98. The summed E-state index contributed by atoms with van der Waals surface area (Å²) in [6.45, 7) is 0. The third-order valence-corrected chi connectivity index (χ3v) is 1.93. The van der Waals surface area contributed by atoms with Gasteiger partial charge in [0.2, 0.25) is 0 Å². The fourth-order valence-corrected chi connectivity index (χ4v) is 1.10. The summed E-state index contributed by atoms with van der Waals surface area (Å²) in [5.74, 6) is 0.0746. The Labute approximate surface area is 96.2 Å². The normalized spacial score (nSPS) is 10.6. The highest BCUT2D eigenvalue weighted by Gasteiger charge is 2.03. The summed E-state index contributed by atoms with van der Waals surface area (Å²) in [6.07, 6.45) is 2.70. The van der Waals surface area contributed by atoms with Crippen molar-refractivity contribution in [3.8, 4) is 5.75 Å². The molecule has 86 valence electrons. The van der Waals surface area contributed by atoms with Crippen LogP contribution in [0.1, 0.15) is 11.3 Å². The molecule has 0 aliphatic carbocycles. The maximum Gasteiger partial charge on any atom is 0.171 e. The molecule has 7 heteroatoms. The van der Waals surface area contributed by atoms with Crippen LogP contribution in [0.25, 0.3) is 0 Å². The van der Waals surface area contributed by atoms with E-state index < -0.39 is 0 Å². The average molecular weight is 231 g/mol. The molecule has 0 fully saturated rings. The molecule has 0 bridgehead atoms. The van der Waals surface area contributed by atoms with Crippen LogP contribution in [-0.4, -0.2) is 27.5 Å². The standard InChI is InChI=1S/C10H9N5O2/c11-10(8-6-13-17-15-8)14-12-5-7-3-1-2-4-9(7)16/h1-6,16H,(H2,11,14)/b12-5+. The molecule has 0 aliphatic rings. The van der Waals surface area contributed by atoms with Crippen molar-refractivity contribution in [1.82, 2.24) is 15.7 Å².